The van der Waals surface area contributed by atoms with Crippen LogP contribution in [0.25, 0.3) is 33.4 Å². The van der Waals surface area contributed by atoms with Gasteiger partial charge in [0.1, 0.15) is 11.3 Å². The Morgan fingerprint density at radius 3 is 2.60 bits per heavy atom. The van der Waals surface area contributed by atoms with Gasteiger partial charge in [0, 0.05) is 47.4 Å². The van der Waals surface area contributed by atoms with Crippen molar-refractivity contribution in [2.75, 3.05) is 18.4 Å². The van der Waals surface area contributed by atoms with Crippen molar-refractivity contribution in [1.29, 1.82) is 0 Å². The molecule has 2 aromatic rings. The lowest BCUT2D eigenvalue weighted by Gasteiger charge is -2.18. The zero-order valence-electron chi connectivity index (χ0n) is 17.3. The van der Waals surface area contributed by atoms with Crippen LogP contribution in [0, 0.1) is 6.92 Å². The summed E-state index contributed by atoms with van der Waals surface area (Å²) in [4.78, 5) is 16.4. The van der Waals surface area contributed by atoms with Gasteiger partial charge in [-0.25, -0.2) is 4.79 Å². The molecule has 1 aliphatic heterocycles. The van der Waals surface area contributed by atoms with Crippen LogP contribution >= 0.6 is 0 Å². The molecule has 0 bridgehead atoms. The zero-order valence-corrected chi connectivity index (χ0v) is 17.3. The van der Waals surface area contributed by atoms with E-state index in [0.717, 1.165) is 39.7 Å². The number of aryl methyl sites for hydroxylation is 1. The number of rotatable bonds is 5. The number of hydrogen-bond acceptors (Lipinski definition) is 4. The monoisotopic (exact) mass is 400 g/mol. The highest BCUT2D eigenvalue weighted by atomic mass is 16.4. The number of benzene rings is 3. The lowest BCUT2D eigenvalue weighted by molar-refractivity contribution is 0.0697. The fourth-order valence-corrected chi connectivity index (χ4v) is 3.87. The average Bonchev–Trinajstić information content (AvgIpc) is 2.73. The number of nitrogens with zero attached hydrogens (tertiary/aromatic N) is 1. The standard InChI is InChI=1S/C25H24N2O3/c1-4-26-16-10-11-19-22(13-16)30-23-14-21(27-5-2)15(3)12-20(23)24(19)17-8-6-7-9-18(17)25(28)29/h6-14,27H,4-5H2,1-3H3,(H,28,29)/b26-16+. The summed E-state index contributed by atoms with van der Waals surface area (Å²) in [5.41, 5.74) is 5.44. The number of fused-ring (bicyclic) bond motifs is 2. The normalized spacial score (nSPS) is 11.9. The first-order valence-corrected chi connectivity index (χ1v) is 10.1. The van der Waals surface area contributed by atoms with E-state index in [1.807, 2.05) is 57.2 Å². The number of carbonyl (C=O) groups is 1. The van der Waals surface area contributed by atoms with Gasteiger partial charge in [0.05, 0.1) is 10.9 Å². The molecule has 0 atom stereocenters. The highest BCUT2D eigenvalue weighted by Crippen LogP contribution is 2.42. The summed E-state index contributed by atoms with van der Waals surface area (Å²) in [5, 5.41) is 14.9. The van der Waals surface area contributed by atoms with E-state index in [1.165, 1.54) is 0 Å². The van der Waals surface area contributed by atoms with Gasteiger partial charge in [-0.05, 0) is 56.2 Å². The highest BCUT2D eigenvalue weighted by Gasteiger charge is 2.21. The Kier molecular flexibility index (Phi) is 5.27. The number of anilines is 1. The van der Waals surface area contributed by atoms with E-state index in [4.69, 9.17) is 4.42 Å². The second-order valence-electron chi connectivity index (χ2n) is 7.18. The van der Waals surface area contributed by atoms with E-state index in [2.05, 4.69) is 16.4 Å². The second-order valence-corrected chi connectivity index (χ2v) is 7.18. The van der Waals surface area contributed by atoms with Crippen LogP contribution in [0.4, 0.5) is 5.69 Å². The maximum atomic E-state index is 12.0. The third kappa shape index (κ3) is 3.43. The molecule has 2 aromatic carbocycles. The van der Waals surface area contributed by atoms with Gasteiger partial charge in [0.25, 0.3) is 0 Å². The predicted molar refractivity (Wildman–Crippen MR) is 120 cm³/mol. The van der Waals surface area contributed by atoms with Crippen molar-refractivity contribution in [3.63, 3.8) is 0 Å². The molecule has 0 amide bonds. The van der Waals surface area contributed by atoms with Crippen molar-refractivity contribution in [1.82, 2.24) is 0 Å². The maximum absolute atomic E-state index is 12.0. The molecule has 1 aliphatic carbocycles. The van der Waals surface area contributed by atoms with Crippen LogP contribution < -0.4 is 10.7 Å². The van der Waals surface area contributed by atoms with E-state index in [-0.39, 0.29) is 5.56 Å². The zero-order chi connectivity index (χ0) is 21.3. The van der Waals surface area contributed by atoms with Crippen LogP contribution in [0.2, 0.25) is 0 Å². The Balaban J connectivity index is 2.16. The molecular weight excluding hydrogens is 376 g/mol. The van der Waals surface area contributed by atoms with Crippen molar-refractivity contribution in [3.05, 3.63) is 71.1 Å². The van der Waals surface area contributed by atoms with Crippen molar-refractivity contribution in [3.8, 4) is 22.5 Å². The van der Waals surface area contributed by atoms with Gasteiger partial charge in [-0.2, -0.15) is 0 Å². The molecule has 2 N–H and O–H groups in total. The van der Waals surface area contributed by atoms with Crippen molar-refractivity contribution in [2.45, 2.75) is 20.8 Å². The fraction of sp³-hybridized carbons (Fsp3) is 0.200. The quantitative estimate of drug-likeness (QED) is 0.430. The molecule has 0 aromatic heterocycles. The Labute approximate surface area is 175 Å². The van der Waals surface area contributed by atoms with Crippen LogP contribution in [0.3, 0.4) is 0 Å². The summed E-state index contributed by atoms with van der Waals surface area (Å²) in [7, 11) is 0. The first kappa shape index (κ1) is 19.7. The van der Waals surface area contributed by atoms with Gasteiger partial charge in [0.2, 0.25) is 0 Å². The minimum atomic E-state index is -0.953. The molecule has 30 heavy (non-hydrogen) atoms. The van der Waals surface area contributed by atoms with E-state index < -0.39 is 5.97 Å². The predicted octanol–water partition coefficient (Wildman–Crippen LogP) is 5.56. The lowest BCUT2D eigenvalue weighted by Crippen LogP contribution is -2.05. The summed E-state index contributed by atoms with van der Waals surface area (Å²) in [6, 6.07) is 17.0. The molecule has 1 heterocycles. The summed E-state index contributed by atoms with van der Waals surface area (Å²) in [5.74, 6) is -0.273. The third-order valence-corrected chi connectivity index (χ3v) is 5.19. The molecule has 0 unspecified atom stereocenters. The molecule has 0 saturated carbocycles. The Morgan fingerprint density at radius 1 is 1.07 bits per heavy atom. The molecule has 0 radical (unpaired) electrons. The first-order chi connectivity index (χ1) is 14.5. The maximum Gasteiger partial charge on any atom is 0.336 e. The number of aromatic carboxylic acids is 1. The van der Waals surface area contributed by atoms with Crippen LogP contribution in [0.5, 0.6) is 0 Å². The van der Waals surface area contributed by atoms with Gasteiger partial charge in [-0.1, -0.05) is 18.2 Å². The molecule has 5 heteroatoms. The van der Waals surface area contributed by atoms with Crippen molar-refractivity contribution >= 4 is 22.6 Å². The van der Waals surface area contributed by atoms with Crippen LogP contribution in [0.1, 0.15) is 29.8 Å². The molecule has 152 valence electrons. The van der Waals surface area contributed by atoms with Crippen LogP contribution in [-0.4, -0.2) is 24.2 Å². The van der Waals surface area contributed by atoms with E-state index in [9.17, 15) is 9.90 Å². The second kappa shape index (κ2) is 8.03. The molecule has 4 rings (SSSR count). The van der Waals surface area contributed by atoms with Gasteiger partial charge < -0.3 is 14.8 Å². The summed E-state index contributed by atoms with van der Waals surface area (Å²) in [6.07, 6.45) is 0. The van der Waals surface area contributed by atoms with Gasteiger partial charge in [-0.3, -0.25) is 4.99 Å². The SMILES string of the molecule is CC/N=c1\ccc2c(-c3ccccc3C(=O)O)c3cc(C)c(NCC)cc3oc-2c1. The summed E-state index contributed by atoms with van der Waals surface area (Å²) < 4.78 is 6.29. The van der Waals surface area contributed by atoms with Gasteiger partial charge in [-0.15, -0.1) is 0 Å². The number of hydrogen-bond donors (Lipinski definition) is 2. The van der Waals surface area contributed by atoms with E-state index in [0.29, 0.717) is 23.5 Å². The Morgan fingerprint density at radius 2 is 1.87 bits per heavy atom. The molecular formula is C25H24N2O3. The molecule has 5 nitrogen and oxygen atoms in total. The minimum Gasteiger partial charge on any atom is -0.478 e. The Hall–Kier alpha value is -3.60. The largest absolute Gasteiger partial charge is 0.478 e. The van der Waals surface area contributed by atoms with Crippen LogP contribution in [0.15, 0.2) is 64.0 Å². The van der Waals surface area contributed by atoms with Gasteiger partial charge in [0.15, 0.2) is 0 Å². The van der Waals surface area contributed by atoms with Gasteiger partial charge >= 0.3 is 5.97 Å². The first-order valence-electron chi connectivity index (χ1n) is 10.1. The molecule has 2 aliphatic rings. The molecule has 0 fully saturated rings. The number of nitrogens with one attached hydrogen (secondary N) is 1. The summed E-state index contributed by atoms with van der Waals surface area (Å²) in [6.45, 7) is 7.55. The van der Waals surface area contributed by atoms with Crippen molar-refractivity contribution < 1.29 is 14.3 Å². The minimum absolute atomic E-state index is 0.266. The van der Waals surface area contributed by atoms with Crippen molar-refractivity contribution in [2.24, 2.45) is 4.99 Å². The van der Waals surface area contributed by atoms with Crippen LogP contribution in [-0.2, 0) is 0 Å². The topological polar surface area (TPSA) is 74.8 Å². The fourth-order valence-electron chi connectivity index (χ4n) is 3.87. The van der Waals surface area contributed by atoms with E-state index >= 15 is 0 Å². The average molecular weight is 400 g/mol. The Bertz CT molecular complexity index is 1290. The summed E-state index contributed by atoms with van der Waals surface area (Å²) >= 11 is 0. The smallest absolute Gasteiger partial charge is 0.336 e. The highest BCUT2D eigenvalue weighted by molar-refractivity contribution is 6.08. The molecule has 0 spiro atoms. The third-order valence-electron chi connectivity index (χ3n) is 5.19. The number of carboxylic acid groups (broad SMARTS) is 1. The lowest BCUT2D eigenvalue weighted by atomic mass is 9.90. The van der Waals surface area contributed by atoms with E-state index in [1.54, 1.807) is 12.1 Å². The number of carboxylic acids is 1. The molecule has 0 saturated heterocycles.